The Morgan fingerprint density at radius 1 is 1.30 bits per heavy atom. The SMILES string of the molecule is CCCNC(C)(C(=O)OC)c1cccc(C(F)(F)F)c1. The minimum atomic E-state index is -4.45. The quantitative estimate of drug-likeness (QED) is 0.847. The maximum absolute atomic E-state index is 12.8. The molecule has 20 heavy (non-hydrogen) atoms. The van der Waals surface area contributed by atoms with Crippen LogP contribution in [-0.2, 0) is 21.2 Å². The molecule has 0 spiro atoms. The zero-order valence-electron chi connectivity index (χ0n) is 11.7. The zero-order chi connectivity index (χ0) is 15.4. The fraction of sp³-hybridized carbons (Fsp3) is 0.500. The third kappa shape index (κ3) is 3.50. The number of alkyl halides is 3. The van der Waals surface area contributed by atoms with E-state index < -0.39 is 23.2 Å². The standard InChI is InChI=1S/C14H18F3NO2/c1-4-8-18-13(2,12(19)20-3)10-6-5-7-11(9-10)14(15,16)17/h5-7,9,18H,4,8H2,1-3H3. The largest absolute Gasteiger partial charge is 0.467 e. The summed E-state index contributed by atoms with van der Waals surface area (Å²) in [7, 11) is 1.21. The number of hydrogen-bond donors (Lipinski definition) is 1. The van der Waals surface area contributed by atoms with Gasteiger partial charge in [0.05, 0.1) is 12.7 Å². The Labute approximate surface area is 116 Å². The number of ether oxygens (including phenoxy) is 1. The average Bonchev–Trinajstić information content (AvgIpc) is 2.43. The molecule has 1 atom stereocenters. The van der Waals surface area contributed by atoms with Gasteiger partial charge in [-0.25, -0.2) is 4.79 Å². The van der Waals surface area contributed by atoms with Crippen LogP contribution in [0.4, 0.5) is 13.2 Å². The van der Waals surface area contributed by atoms with Crippen LogP contribution in [0.2, 0.25) is 0 Å². The first-order chi connectivity index (χ1) is 9.25. The number of rotatable bonds is 5. The Morgan fingerprint density at radius 3 is 2.40 bits per heavy atom. The lowest BCUT2D eigenvalue weighted by Crippen LogP contribution is -2.47. The number of esters is 1. The van der Waals surface area contributed by atoms with Gasteiger partial charge in [-0.15, -0.1) is 0 Å². The van der Waals surface area contributed by atoms with Crippen molar-refractivity contribution in [2.45, 2.75) is 32.0 Å². The smallest absolute Gasteiger partial charge is 0.416 e. The van der Waals surface area contributed by atoms with Gasteiger partial charge in [0.1, 0.15) is 5.54 Å². The fourth-order valence-corrected chi connectivity index (χ4v) is 1.88. The first-order valence-corrected chi connectivity index (χ1v) is 6.27. The van der Waals surface area contributed by atoms with E-state index in [0.717, 1.165) is 18.6 Å². The molecule has 1 N–H and O–H groups in total. The summed E-state index contributed by atoms with van der Waals surface area (Å²) in [5.41, 5.74) is -1.86. The van der Waals surface area contributed by atoms with Crippen LogP contribution in [0.25, 0.3) is 0 Å². The molecule has 1 rings (SSSR count). The Bertz CT molecular complexity index is 474. The molecule has 0 fully saturated rings. The fourth-order valence-electron chi connectivity index (χ4n) is 1.88. The molecule has 6 heteroatoms. The summed E-state index contributed by atoms with van der Waals surface area (Å²) >= 11 is 0. The van der Waals surface area contributed by atoms with E-state index in [-0.39, 0.29) is 5.56 Å². The molecule has 0 aliphatic heterocycles. The molecule has 1 unspecified atom stereocenters. The number of carbonyl (C=O) groups excluding carboxylic acids is 1. The van der Waals surface area contributed by atoms with Gasteiger partial charge in [-0.1, -0.05) is 19.1 Å². The van der Waals surface area contributed by atoms with Crippen molar-refractivity contribution >= 4 is 5.97 Å². The van der Waals surface area contributed by atoms with E-state index in [1.165, 1.54) is 26.2 Å². The second kappa shape index (κ2) is 6.26. The van der Waals surface area contributed by atoms with E-state index in [0.29, 0.717) is 6.54 Å². The first-order valence-electron chi connectivity index (χ1n) is 6.27. The Morgan fingerprint density at radius 2 is 1.90 bits per heavy atom. The summed E-state index contributed by atoms with van der Waals surface area (Å²) in [5.74, 6) is -0.620. The van der Waals surface area contributed by atoms with Crippen molar-refractivity contribution in [3.8, 4) is 0 Å². The van der Waals surface area contributed by atoms with Gasteiger partial charge in [0.25, 0.3) is 0 Å². The summed E-state index contributed by atoms with van der Waals surface area (Å²) < 4.78 is 43.0. The second-order valence-electron chi connectivity index (χ2n) is 4.62. The van der Waals surface area contributed by atoms with Gasteiger partial charge in [-0.3, -0.25) is 5.32 Å². The molecule has 112 valence electrons. The van der Waals surface area contributed by atoms with Gasteiger partial charge in [-0.05, 0) is 37.6 Å². The van der Waals surface area contributed by atoms with E-state index >= 15 is 0 Å². The highest BCUT2D eigenvalue weighted by Gasteiger charge is 2.38. The third-order valence-electron chi connectivity index (χ3n) is 3.09. The average molecular weight is 289 g/mol. The number of nitrogens with one attached hydrogen (secondary N) is 1. The Kier molecular flexibility index (Phi) is 5.16. The van der Waals surface area contributed by atoms with Gasteiger partial charge in [0.2, 0.25) is 0 Å². The molecule has 0 saturated heterocycles. The summed E-state index contributed by atoms with van der Waals surface area (Å²) in [6.45, 7) is 3.91. The van der Waals surface area contributed by atoms with Crippen molar-refractivity contribution in [2.24, 2.45) is 0 Å². The van der Waals surface area contributed by atoms with E-state index in [2.05, 4.69) is 5.32 Å². The van der Waals surface area contributed by atoms with Crippen molar-refractivity contribution in [3.05, 3.63) is 35.4 Å². The molecular formula is C14H18F3NO2. The van der Waals surface area contributed by atoms with Crippen LogP contribution < -0.4 is 5.32 Å². The minimum Gasteiger partial charge on any atom is -0.467 e. The van der Waals surface area contributed by atoms with Crippen LogP contribution in [0.1, 0.15) is 31.4 Å². The molecule has 0 aromatic heterocycles. The van der Waals surface area contributed by atoms with Crippen LogP contribution in [0.3, 0.4) is 0 Å². The summed E-state index contributed by atoms with van der Waals surface area (Å²) in [4.78, 5) is 11.9. The molecule has 0 aliphatic carbocycles. The molecule has 3 nitrogen and oxygen atoms in total. The van der Waals surface area contributed by atoms with E-state index in [1.807, 2.05) is 6.92 Å². The minimum absolute atomic E-state index is 0.229. The van der Waals surface area contributed by atoms with E-state index in [9.17, 15) is 18.0 Å². The Balaban J connectivity index is 3.24. The van der Waals surface area contributed by atoms with Crippen LogP contribution in [0, 0.1) is 0 Å². The molecule has 0 bridgehead atoms. The number of methoxy groups -OCH3 is 1. The van der Waals surface area contributed by atoms with Gasteiger partial charge in [-0.2, -0.15) is 13.2 Å². The van der Waals surface area contributed by atoms with Crippen LogP contribution in [0.5, 0.6) is 0 Å². The van der Waals surface area contributed by atoms with Crippen molar-refractivity contribution in [1.82, 2.24) is 5.32 Å². The third-order valence-corrected chi connectivity index (χ3v) is 3.09. The van der Waals surface area contributed by atoms with E-state index in [1.54, 1.807) is 0 Å². The van der Waals surface area contributed by atoms with Crippen molar-refractivity contribution in [2.75, 3.05) is 13.7 Å². The van der Waals surface area contributed by atoms with Crippen LogP contribution >= 0.6 is 0 Å². The molecule has 0 radical (unpaired) electrons. The molecule has 0 amide bonds. The number of hydrogen-bond acceptors (Lipinski definition) is 3. The maximum Gasteiger partial charge on any atom is 0.416 e. The van der Waals surface area contributed by atoms with Crippen LogP contribution in [0.15, 0.2) is 24.3 Å². The molecule has 0 saturated carbocycles. The van der Waals surface area contributed by atoms with Gasteiger partial charge in [0.15, 0.2) is 0 Å². The molecule has 1 aromatic rings. The molecule has 0 aliphatic rings. The maximum atomic E-state index is 12.8. The van der Waals surface area contributed by atoms with Crippen molar-refractivity contribution in [3.63, 3.8) is 0 Å². The summed E-state index contributed by atoms with van der Waals surface area (Å²) in [6.07, 6.45) is -3.71. The molecule has 1 aromatic carbocycles. The predicted molar refractivity (Wildman–Crippen MR) is 69.1 cm³/mol. The van der Waals surface area contributed by atoms with E-state index in [4.69, 9.17) is 4.74 Å². The van der Waals surface area contributed by atoms with Gasteiger partial charge < -0.3 is 4.74 Å². The number of carbonyl (C=O) groups is 1. The molecule has 0 heterocycles. The Hall–Kier alpha value is -1.56. The monoisotopic (exact) mass is 289 g/mol. The zero-order valence-corrected chi connectivity index (χ0v) is 11.7. The highest BCUT2D eigenvalue weighted by molar-refractivity contribution is 5.82. The summed E-state index contributed by atoms with van der Waals surface area (Å²) in [6, 6.07) is 4.71. The predicted octanol–water partition coefficient (Wildman–Crippen LogP) is 3.09. The second-order valence-corrected chi connectivity index (χ2v) is 4.62. The highest BCUT2D eigenvalue weighted by atomic mass is 19.4. The van der Waals surface area contributed by atoms with Crippen molar-refractivity contribution < 1.29 is 22.7 Å². The van der Waals surface area contributed by atoms with Gasteiger partial charge >= 0.3 is 12.1 Å². The van der Waals surface area contributed by atoms with Gasteiger partial charge in [0, 0.05) is 0 Å². The lowest BCUT2D eigenvalue weighted by atomic mass is 9.90. The highest BCUT2D eigenvalue weighted by Crippen LogP contribution is 2.32. The normalized spacial score (nSPS) is 14.7. The van der Waals surface area contributed by atoms with Crippen molar-refractivity contribution in [1.29, 1.82) is 0 Å². The van der Waals surface area contributed by atoms with Crippen LogP contribution in [-0.4, -0.2) is 19.6 Å². The number of halogens is 3. The topological polar surface area (TPSA) is 38.3 Å². The lowest BCUT2D eigenvalue weighted by molar-refractivity contribution is -0.148. The summed E-state index contributed by atoms with van der Waals surface area (Å²) in [5, 5.41) is 2.95. The molecular weight excluding hydrogens is 271 g/mol. The number of benzene rings is 1. The first kappa shape index (κ1) is 16.5. The lowest BCUT2D eigenvalue weighted by Gasteiger charge is -2.29.